The smallest absolute Gasteiger partial charge is 0.415 e. The summed E-state index contributed by atoms with van der Waals surface area (Å²) in [5, 5.41) is 40.0. The van der Waals surface area contributed by atoms with Crippen LogP contribution in [0.5, 0.6) is 17.2 Å². The van der Waals surface area contributed by atoms with Crippen molar-refractivity contribution in [3.63, 3.8) is 0 Å². The molecule has 4 N–H and O–H groups in total. The van der Waals surface area contributed by atoms with Gasteiger partial charge in [0.25, 0.3) is 5.56 Å². The van der Waals surface area contributed by atoms with Gasteiger partial charge in [0.15, 0.2) is 11.9 Å². The number of cyclic esters (lactones) is 1. The topological polar surface area (TPSA) is 227 Å². The van der Waals surface area contributed by atoms with Crippen LogP contribution in [0.15, 0.2) is 76.4 Å². The van der Waals surface area contributed by atoms with E-state index in [-0.39, 0.29) is 71.3 Å². The number of hydrogen-bond donors (Lipinski definition) is 4. The molecule has 7 aromatic rings. The number of aromatic hydroxyl groups is 2. The van der Waals surface area contributed by atoms with E-state index in [2.05, 4.69) is 14.8 Å². The molecule has 1 saturated heterocycles. The number of aliphatic hydroxyl groups excluding tert-OH is 1. The molecule has 2 amide bonds. The molecular weight excluding hydrogens is 897 g/mol. The monoisotopic (exact) mass is 952 g/mol. The van der Waals surface area contributed by atoms with Crippen molar-refractivity contribution in [3.8, 4) is 45.7 Å². The van der Waals surface area contributed by atoms with E-state index in [1.165, 1.54) is 22.6 Å². The Balaban J connectivity index is 0.00000300. The van der Waals surface area contributed by atoms with E-state index in [1.807, 2.05) is 65.1 Å². The van der Waals surface area contributed by atoms with Gasteiger partial charge >= 0.3 is 17.8 Å². The van der Waals surface area contributed by atoms with Crippen molar-refractivity contribution < 1.29 is 39.2 Å². The highest BCUT2D eigenvalue weighted by molar-refractivity contribution is 5.90. The quantitative estimate of drug-likeness (QED) is 0.103. The van der Waals surface area contributed by atoms with Crippen molar-refractivity contribution in [3.05, 3.63) is 116 Å². The molecule has 0 aliphatic carbocycles. The molecule has 70 heavy (non-hydrogen) atoms. The minimum absolute atomic E-state index is 0.0249. The first-order valence-corrected chi connectivity index (χ1v) is 23.8. The van der Waals surface area contributed by atoms with Gasteiger partial charge in [-0.2, -0.15) is 5.10 Å². The molecule has 1 atom stereocenters. The molecule has 1 unspecified atom stereocenters. The van der Waals surface area contributed by atoms with Gasteiger partial charge in [-0.3, -0.25) is 9.59 Å². The van der Waals surface area contributed by atoms with Gasteiger partial charge < -0.3 is 43.7 Å². The number of likely N-dealkylation sites (N-methyl/N-ethyl adjacent to an activating group) is 1. The average Bonchev–Trinajstić information content (AvgIpc) is 4.06. The van der Waals surface area contributed by atoms with Crippen LogP contribution in [0.2, 0.25) is 0 Å². The van der Waals surface area contributed by atoms with Gasteiger partial charge in [-0.1, -0.05) is 34.6 Å². The number of aliphatic hydroxyl groups is 1. The lowest BCUT2D eigenvalue weighted by atomic mass is 9.93. The predicted octanol–water partition coefficient (Wildman–Crippen LogP) is 6.89. The number of benzene rings is 3. The van der Waals surface area contributed by atoms with E-state index >= 15 is 0 Å². The van der Waals surface area contributed by atoms with Crippen LogP contribution in [0.25, 0.3) is 50.3 Å². The van der Waals surface area contributed by atoms with Crippen LogP contribution in [0.1, 0.15) is 93.7 Å². The van der Waals surface area contributed by atoms with Gasteiger partial charge in [0.05, 0.1) is 40.3 Å². The van der Waals surface area contributed by atoms with E-state index in [9.17, 15) is 39.3 Å². The Morgan fingerprint density at radius 3 is 2.49 bits per heavy atom. The Bertz CT molecular complexity index is 3340. The van der Waals surface area contributed by atoms with Crippen LogP contribution >= 0.6 is 0 Å². The second-order valence-corrected chi connectivity index (χ2v) is 18.2. The number of fused-ring (bicyclic) bond motifs is 6. The Morgan fingerprint density at radius 1 is 0.971 bits per heavy atom. The Kier molecular flexibility index (Phi) is 12.8. The number of H-pyrrole nitrogens is 1. The van der Waals surface area contributed by atoms with Crippen LogP contribution in [0, 0.1) is 5.92 Å². The summed E-state index contributed by atoms with van der Waals surface area (Å²) in [6.45, 7) is 11.7. The molecule has 3 aliphatic rings. The van der Waals surface area contributed by atoms with Crippen molar-refractivity contribution in [1.29, 1.82) is 0 Å². The lowest BCUT2D eigenvalue weighted by Gasteiger charge is -2.33. The fraction of sp³-hybridized carbons (Fsp3) is 0.365. The summed E-state index contributed by atoms with van der Waals surface area (Å²) in [5.74, 6) is -0.299. The van der Waals surface area contributed by atoms with Crippen LogP contribution in [-0.2, 0) is 40.4 Å². The Labute approximate surface area is 402 Å². The minimum Gasteiger partial charge on any atom is -0.508 e. The number of hydrogen-bond acceptors (Lipinski definition) is 12. The number of piperidine rings is 1. The summed E-state index contributed by atoms with van der Waals surface area (Å²) in [4.78, 5) is 73.3. The fourth-order valence-corrected chi connectivity index (χ4v) is 9.97. The second-order valence-electron chi connectivity index (χ2n) is 18.2. The molecule has 3 aromatic carbocycles. The number of ether oxygens (including phenoxy) is 2. The molecule has 18 nitrogen and oxygen atoms in total. The summed E-state index contributed by atoms with van der Waals surface area (Å²) in [5.41, 5.74) is 5.69. The van der Waals surface area contributed by atoms with Crippen molar-refractivity contribution in [2.45, 2.75) is 92.0 Å². The van der Waals surface area contributed by atoms with Crippen molar-refractivity contribution in [1.82, 2.24) is 38.7 Å². The standard InChI is InChI=1S/C50H50N8O10.C2H6/c1-5-31-33-19-30(7-8-38(33)51-44-36(31)23-57-40(44)21-34-37(47(57)63)25-67-48(64)45(34)62)68-50(66)54(4)24-43(61)56-15-11-27(12-16-56)10-14-55-17-13-28-18-29(6-9-39(28)55)58-46(52-53-49(58)65)35-20-32(26(2)3)41(59)22-42(35)60;1-2/h6-9,13,17-22,26-27,45,59-60,62H,5,10-12,14-16,23-25H2,1-4H3,(H,53,65);1-2H3. The van der Waals surface area contributed by atoms with Gasteiger partial charge in [-0.25, -0.2) is 29.0 Å². The SMILES string of the molecule is CC.CCc1c2c(nc3ccc(OC(=O)N(C)CC(=O)N4CCC(CCn5ccc6cc(-n7c(-c8cc(C(C)C)c(O)cc8O)n[nH]c7=O)ccc65)CC4)cc13)-c1cc3c(c(=O)n1C2)COC(=O)C3O. The highest BCUT2D eigenvalue weighted by atomic mass is 16.6. The van der Waals surface area contributed by atoms with Crippen molar-refractivity contribution in [2.75, 3.05) is 26.7 Å². The number of nitrogens with zero attached hydrogens (tertiary/aromatic N) is 7. The van der Waals surface area contributed by atoms with E-state index in [1.54, 1.807) is 39.8 Å². The third-order valence-corrected chi connectivity index (χ3v) is 13.7. The number of esters is 1. The number of rotatable bonds is 10. The van der Waals surface area contributed by atoms with Gasteiger partial charge in [0.1, 0.15) is 30.4 Å². The Morgan fingerprint density at radius 2 is 1.74 bits per heavy atom. The van der Waals surface area contributed by atoms with Gasteiger partial charge in [-0.05, 0) is 103 Å². The third-order valence-electron chi connectivity index (χ3n) is 13.7. The number of amides is 2. The molecule has 1 fully saturated rings. The number of aromatic nitrogens is 6. The van der Waals surface area contributed by atoms with Crippen LogP contribution in [0.4, 0.5) is 4.79 Å². The maximum atomic E-state index is 13.5. The van der Waals surface area contributed by atoms with Gasteiger partial charge in [0.2, 0.25) is 5.91 Å². The maximum absolute atomic E-state index is 13.5. The highest BCUT2D eigenvalue weighted by Crippen LogP contribution is 2.40. The molecule has 3 aliphatic heterocycles. The summed E-state index contributed by atoms with van der Waals surface area (Å²) < 4.78 is 16.0. The number of carbonyl (C=O) groups is 3. The molecule has 4 aromatic heterocycles. The van der Waals surface area contributed by atoms with Crippen molar-refractivity contribution in [2.24, 2.45) is 5.92 Å². The zero-order chi connectivity index (χ0) is 49.7. The first-order chi connectivity index (χ1) is 33.7. The number of carbonyl (C=O) groups excluding carboxylic acids is 3. The summed E-state index contributed by atoms with van der Waals surface area (Å²) in [6.07, 6.45) is 2.94. The van der Waals surface area contributed by atoms with Gasteiger partial charge in [-0.15, -0.1) is 0 Å². The lowest BCUT2D eigenvalue weighted by molar-refractivity contribution is -0.157. The van der Waals surface area contributed by atoms with Crippen LogP contribution < -0.4 is 16.0 Å². The number of phenolic OH excluding ortho intramolecular Hbond substituents is 2. The molecular formula is C52H56N8O10. The summed E-state index contributed by atoms with van der Waals surface area (Å²) in [6, 6.07) is 17.4. The molecule has 0 spiro atoms. The Hall–Kier alpha value is -7.73. The van der Waals surface area contributed by atoms with Crippen LogP contribution in [0.3, 0.4) is 0 Å². The van der Waals surface area contributed by atoms with Crippen molar-refractivity contribution >= 4 is 39.8 Å². The largest absolute Gasteiger partial charge is 0.508 e. The zero-order valence-electron chi connectivity index (χ0n) is 40.0. The maximum Gasteiger partial charge on any atom is 0.415 e. The lowest BCUT2D eigenvalue weighted by Crippen LogP contribution is -2.45. The summed E-state index contributed by atoms with van der Waals surface area (Å²) >= 11 is 0. The normalized spacial score (nSPS) is 15.3. The molecule has 364 valence electrons. The van der Waals surface area contributed by atoms with Gasteiger partial charge in [0, 0.05) is 66.4 Å². The number of aromatic amines is 1. The number of likely N-dealkylation sites (tertiary alicyclic amines) is 1. The fourth-order valence-electron chi connectivity index (χ4n) is 9.97. The van der Waals surface area contributed by atoms with E-state index in [0.29, 0.717) is 59.1 Å². The number of aryl methyl sites for hydroxylation is 2. The summed E-state index contributed by atoms with van der Waals surface area (Å²) in [7, 11) is 1.53. The minimum atomic E-state index is -1.55. The average molecular weight is 953 g/mol. The van der Waals surface area contributed by atoms with E-state index in [0.717, 1.165) is 53.2 Å². The molecule has 0 bridgehead atoms. The number of pyridine rings is 2. The molecule has 0 radical (unpaired) electrons. The predicted molar refractivity (Wildman–Crippen MR) is 261 cm³/mol. The first-order valence-electron chi connectivity index (χ1n) is 23.8. The third kappa shape index (κ3) is 8.45. The number of nitrogens with one attached hydrogen (secondary N) is 1. The van der Waals surface area contributed by atoms with E-state index < -0.39 is 23.9 Å². The first kappa shape index (κ1) is 47.3. The van der Waals surface area contributed by atoms with E-state index in [4.69, 9.17) is 14.5 Å². The molecule has 10 rings (SSSR count). The second kappa shape index (κ2) is 19.0. The zero-order valence-corrected chi connectivity index (χ0v) is 40.0. The molecule has 7 heterocycles. The highest BCUT2D eigenvalue weighted by Gasteiger charge is 2.35. The molecule has 0 saturated carbocycles. The van der Waals surface area contributed by atoms with Crippen LogP contribution in [-0.4, -0.2) is 98.7 Å². The molecule has 18 heteroatoms. The number of phenols is 2.